The molecule has 1 heterocycles. The number of dihydropyridines is 1. The summed E-state index contributed by atoms with van der Waals surface area (Å²) < 4.78 is 17.2. The number of carbonyl (C=O) groups is 2. The standard InChI is InChI=1S/C30H38N2O8/c1-4-38-23-12-13-25(24(16-23)28-26(29(34)35)19(2)32-20(3)27(28)30(36)37)39-15-9-8-14-31-17-21(33)18-40-22-10-6-5-7-11-22/h5-7,10-13,16,21,28,31-33H,4,8-9,14-15,17-18H2,1-3H3,(H,34,35)(H,36,37). The monoisotopic (exact) mass is 554 g/mol. The van der Waals surface area contributed by atoms with Gasteiger partial charge in [-0.2, -0.15) is 0 Å². The molecule has 0 saturated heterocycles. The number of para-hydroxylation sites is 1. The van der Waals surface area contributed by atoms with Crippen molar-refractivity contribution in [3.63, 3.8) is 0 Å². The molecule has 0 amide bonds. The van der Waals surface area contributed by atoms with E-state index < -0.39 is 24.0 Å². The number of aliphatic hydroxyl groups is 1. The predicted octanol–water partition coefficient (Wildman–Crippen LogP) is 3.68. The molecule has 2 aromatic rings. The topological polar surface area (TPSA) is 147 Å². The second-order valence-electron chi connectivity index (χ2n) is 9.42. The summed E-state index contributed by atoms with van der Waals surface area (Å²) in [7, 11) is 0. The summed E-state index contributed by atoms with van der Waals surface area (Å²) in [6.07, 6.45) is 0.807. The molecule has 1 aliphatic rings. The number of rotatable bonds is 16. The number of carboxylic acids is 2. The van der Waals surface area contributed by atoms with Gasteiger partial charge in [0.1, 0.15) is 30.0 Å². The van der Waals surface area contributed by atoms with Crippen LogP contribution in [0.4, 0.5) is 0 Å². The fourth-order valence-electron chi connectivity index (χ4n) is 4.58. The van der Waals surface area contributed by atoms with Gasteiger partial charge in [0.05, 0.1) is 30.3 Å². The van der Waals surface area contributed by atoms with Gasteiger partial charge in [-0.05, 0) is 70.5 Å². The first kappa shape index (κ1) is 30.5. The van der Waals surface area contributed by atoms with E-state index in [0.717, 1.165) is 6.42 Å². The van der Waals surface area contributed by atoms with Crippen molar-refractivity contribution in [3.05, 3.63) is 76.6 Å². The minimum Gasteiger partial charge on any atom is -0.494 e. The van der Waals surface area contributed by atoms with E-state index in [-0.39, 0.29) is 17.8 Å². The lowest BCUT2D eigenvalue weighted by atomic mass is 9.80. The lowest BCUT2D eigenvalue weighted by Crippen LogP contribution is -2.32. The van der Waals surface area contributed by atoms with Gasteiger partial charge in [-0.25, -0.2) is 9.59 Å². The van der Waals surface area contributed by atoms with Crippen molar-refractivity contribution >= 4 is 11.9 Å². The molecule has 0 radical (unpaired) electrons. The number of nitrogens with one attached hydrogen (secondary N) is 2. The van der Waals surface area contributed by atoms with E-state index in [2.05, 4.69) is 10.6 Å². The largest absolute Gasteiger partial charge is 0.494 e. The second-order valence-corrected chi connectivity index (χ2v) is 9.42. The fraction of sp³-hybridized carbons (Fsp3) is 0.400. The van der Waals surface area contributed by atoms with Crippen LogP contribution in [0, 0.1) is 0 Å². The van der Waals surface area contributed by atoms with Crippen LogP contribution in [0.5, 0.6) is 17.2 Å². The third-order valence-electron chi connectivity index (χ3n) is 6.40. The minimum atomic E-state index is -1.21. The van der Waals surface area contributed by atoms with Crippen molar-refractivity contribution in [2.24, 2.45) is 0 Å². The van der Waals surface area contributed by atoms with Crippen LogP contribution in [-0.4, -0.2) is 66.3 Å². The van der Waals surface area contributed by atoms with E-state index in [1.165, 1.54) is 0 Å². The Morgan fingerprint density at radius 1 is 0.925 bits per heavy atom. The van der Waals surface area contributed by atoms with E-state index in [9.17, 15) is 24.9 Å². The first-order valence-corrected chi connectivity index (χ1v) is 13.3. The molecule has 1 unspecified atom stereocenters. The molecule has 1 atom stereocenters. The number of benzene rings is 2. The molecule has 0 bridgehead atoms. The highest BCUT2D eigenvalue weighted by atomic mass is 16.5. The number of carboxylic acid groups (broad SMARTS) is 2. The van der Waals surface area contributed by atoms with Gasteiger partial charge in [0, 0.05) is 23.5 Å². The van der Waals surface area contributed by atoms with Crippen molar-refractivity contribution in [1.29, 1.82) is 0 Å². The van der Waals surface area contributed by atoms with Crippen LogP contribution in [0.1, 0.15) is 45.1 Å². The van der Waals surface area contributed by atoms with Crippen LogP contribution in [0.25, 0.3) is 0 Å². The molecule has 0 aliphatic carbocycles. The molecule has 1 aliphatic heterocycles. The number of ether oxygens (including phenoxy) is 3. The number of allylic oxidation sites excluding steroid dienone is 2. The molecule has 40 heavy (non-hydrogen) atoms. The highest BCUT2D eigenvalue weighted by Crippen LogP contribution is 2.43. The molecular formula is C30H38N2O8. The molecule has 0 saturated carbocycles. The Labute approximate surface area is 234 Å². The van der Waals surface area contributed by atoms with Crippen LogP contribution >= 0.6 is 0 Å². The lowest BCUT2D eigenvalue weighted by Gasteiger charge is -2.30. The van der Waals surface area contributed by atoms with Crippen LogP contribution in [0.2, 0.25) is 0 Å². The second kappa shape index (κ2) is 14.9. The van der Waals surface area contributed by atoms with E-state index in [0.29, 0.717) is 66.9 Å². The zero-order valence-corrected chi connectivity index (χ0v) is 23.1. The zero-order valence-electron chi connectivity index (χ0n) is 23.1. The van der Waals surface area contributed by atoms with Crippen molar-refractivity contribution in [3.8, 4) is 17.2 Å². The Kier molecular flexibility index (Phi) is 11.4. The first-order valence-electron chi connectivity index (χ1n) is 13.3. The Morgan fingerprint density at radius 3 is 2.23 bits per heavy atom. The average Bonchev–Trinajstić information content (AvgIpc) is 2.91. The Morgan fingerprint density at radius 2 is 1.60 bits per heavy atom. The zero-order chi connectivity index (χ0) is 29.1. The Bertz CT molecular complexity index is 1190. The number of unbranched alkanes of at least 4 members (excludes halogenated alkanes) is 1. The molecule has 0 aromatic heterocycles. The smallest absolute Gasteiger partial charge is 0.334 e. The summed E-state index contributed by atoms with van der Waals surface area (Å²) >= 11 is 0. The Hall–Kier alpha value is -4.02. The summed E-state index contributed by atoms with van der Waals surface area (Å²) in [6.45, 7) is 7.03. The highest BCUT2D eigenvalue weighted by molar-refractivity contribution is 5.98. The molecule has 2 aromatic carbocycles. The molecule has 0 fully saturated rings. The summed E-state index contributed by atoms with van der Waals surface area (Å²) in [6, 6.07) is 14.4. The van der Waals surface area contributed by atoms with Crippen LogP contribution in [-0.2, 0) is 9.59 Å². The molecule has 10 nitrogen and oxygen atoms in total. The van der Waals surface area contributed by atoms with Gasteiger partial charge in [-0.1, -0.05) is 18.2 Å². The molecular weight excluding hydrogens is 516 g/mol. The van der Waals surface area contributed by atoms with E-state index >= 15 is 0 Å². The minimum absolute atomic E-state index is 0.0551. The average molecular weight is 555 g/mol. The quantitative estimate of drug-likeness (QED) is 0.195. The van der Waals surface area contributed by atoms with Gasteiger partial charge in [-0.3, -0.25) is 0 Å². The van der Waals surface area contributed by atoms with Crippen molar-refractivity contribution < 1.29 is 39.1 Å². The first-order chi connectivity index (χ1) is 19.2. The summed E-state index contributed by atoms with van der Waals surface area (Å²) in [5.41, 5.74) is 1.05. The maximum absolute atomic E-state index is 12.2. The van der Waals surface area contributed by atoms with Crippen molar-refractivity contribution in [2.75, 3.05) is 32.9 Å². The SMILES string of the molecule is CCOc1ccc(OCCCCNCC(O)COc2ccccc2)c(C2C(C(=O)O)=C(C)NC(C)=C2C(=O)O)c1. The van der Waals surface area contributed by atoms with Crippen molar-refractivity contribution in [2.45, 2.75) is 45.6 Å². The van der Waals surface area contributed by atoms with E-state index in [4.69, 9.17) is 14.2 Å². The molecule has 3 rings (SSSR count). The Balaban J connectivity index is 1.62. The molecule has 0 spiro atoms. The van der Waals surface area contributed by atoms with Crippen LogP contribution in [0.3, 0.4) is 0 Å². The van der Waals surface area contributed by atoms with Crippen LogP contribution in [0.15, 0.2) is 71.1 Å². The van der Waals surface area contributed by atoms with Gasteiger partial charge < -0.3 is 40.2 Å². The van der Waals surface area contributed by atoms with Crippen LogP contribution < -0.4 is 24.8 Å². The number of aliphatic hydroxyl groups excluding tert-OH is 1. The number of hydrogen-bond donors (Lipinski definition) is 5. The number of hydrogen-bond acceptors (Lipinski definition) is 8. The van der Waals surface area contributed by atoms with E-state index in [1.54, 1.807) is 32.0 Å². The summed E-state index contributed by atoms with van der Waals surface area (Å²) in [4.78, 5) is 24.5. The molecule has 10 heteroatoms. The predicted molar refractivity (Wildman–Crippen MR) is 150 cm³/mol. The highest BCUT2D eigenvalue weighted by Gasteiger charge is 2.38. The molecule has 216 valence electrons. The summed E-state index contributed by atoms with van der Waals surface area (Å²) in [5, 5.41) is 36.2. The van der Waals surface area contributed by atoms with Gasteiger partial charge in [0.25, 0.3) is 0 Å². The maximum Gasteiger partial charge on any atom is 0.334 e. The van der Waals surface area contributed by atoms with Gasteiger partial charge in [-0.15, -0.1) is 0 Å². The molecule has 5 N–H and O–H groups in total. The number of aliphatic carboxylic acids is 2. The third kappa shape index (κ3) is 8.24. The van der Waals surface area contributed by atoms with Gasteiger partial charge in [0.2, 0.25) is 0 Å². The van der Waals surface area contributed by atoms with Crippen molar-refractivity contribution in [1.82, 2.24) is 10.6 Å². The normalized spacial score (nSPS) is 14.5. The maximum atomic E-state index is 12.2. The van der Waals surface area contributed by atoms with Gasteiger partial charge in [0.15, 0.2) is 0 Å². The van der Waals surface area contributed by atoms with E-state index in [1.807, 2.05) is 37.3 Å². The third-order valence-corrected chi connectivity index (χ3v) is 6.40. The fourth-order valence-corrected chi connectivity index (χ4v) is 4.58. The summed E-state index contributed by atoms with van der Waals surface area (Å²) in [5.74, 6) is -1.87. The van der Waals surface area contributed by atoms with Gasteiger partial charge >= 0.3 is 11.9 Å². The lowest BCUT2D eigenvalue weighted by molar-refractivity contribution is -0.133.